The zero-order valence-electron chi connectivity index (χ0n) is 14.5. The van der Waals surface area contributed by atoms with Crippen LogP contribution in [0.2, 0.25) is 0 Å². The summed E-state index contributed by atoms with van der Waals surface area (Å²) in [7, 11) is 3.89. The molecule has 25 heavy (non-hydrogen) atoms. The molecule has 1 aromatic carbocycles. The van der Waals surface area contributed by atoms with Gasteiger partial charge in [-0.1, -0.05) is 12.1 Å². The van der Waals surface area contributed by atoms with E-state index < -0.39 is 0 Å². The van der Waals surface area contributed by atoms with Gasteiger partial charge in [-0.05, 0) is 31.7 Å². The largest absolute Gasteiger partial charge is 0.371 e. The van der Waals surface area contributed by atoms with Crippen molar-refractivity contribution < 1.29 is 0 Å². The highest BCUT2D eigenvalue weighted by atomic mass is 15.2. The van der Waals surface area contributed by atoms with Gasteiger partial charge in [-0.15, -0.1) is 0 Å². The maximum absolute atomic E-state index is 4.70. The van der Waals surface area contributed by atoms with Gasteiger partial charge >= 0.3 is 0 Å². The minimum Gasteiger partial charge on any atom is -0.371 e. The summed E-state index contributed by atoms with van der Waals surface area (Å²) in [5.74, 6) is 0.751. The van der Waals surface area contributed by atoms with Crippen LogP contribution in [0.25, 0.3) is 22.3 Å². The number of hydrogen-bond donors (Lipinski definition) is 2. The molecule has 0 aliphatic carbocycles. The lowest BCUT2D eigenvalue weighted by atomic mass is 10.1. The van der Waals surface area contributed by atoms with Gasteiger partial charge in [0.25, 0.3) is 0 Å². The Balaban J connectivity index is 1.65. The summed E-state index contributed by atoms with van der Waals surface area (Å²) in [6.45, 7) is 2.15. The lowest BCUT2D eigenvalue weighted by Crippen LogP contribution is -2.29. The number of anilines is 2. The van der Waals surface area contributed by atoms with E-state index in [1.54, 1.807) is 12.4 Å². The number of aromatic nitrogens is 3. The second-order valence-corrected chi connectivity index (χ2v) is 6.30. The number of benzene rings is 1. The number of nitrogens with one attached hydrogen (secondary N) is 2. The van der Waals surface area contributed by atoms with E-state index in [4.69, 9.17) is 4.98 Å². The Morgan fingerprint density at radius 2 is 1.88 bits per heavy atom. The van der Waals surface area contributed by atoms with Crippen molar-refractivity contribution in [1.29, 1.82) is 0 Å². The predicted octanol–water partition coefficient (Wildman–Crippen LogP) is 2.53. The maximum atomic E-state index is 4.70. The summed E-state index contributed by atoms with van der Waals surface area (Å²) >= 11 is 0. The van der Waals surface area contributed by atoms with E-state index in [0.717, 1.165) is 41.2 Å². The van der Waals surface area contributed by atoms with Gasteiger partial charge in [0.05, 0.1) is 11.2 Å². The van der Waals surface area contributed by atoms with Crippen LogP contribution in [0.5, 0.6) is 0 Å². The first-order chi connectivity index (χ1) is 12.3. The quantitative estimate of drug-likeness (QED) is 0.764. The molecule has 1 aliphatic heterocycles. The van der Waals surface area contributed by atoms with Crippen molar-refractivity contribution in [3.63, 3.8) is 0 Å². The molecule has 1 unspecified atom stereocenters. The maximum Gasteiger partial charge on any atom is 0.154 e. The third kappa shape index (κ3) is 3.00. The molecule has 6 nitrogen and oxygen atoms in total. The fraction of sp³-hybridized carbons (Fsp3) is 0.316. The smallest absolute Gasteiger partial charge is 0.154 e. The van der Waals surface area contributed by atoms with E-state index in [9.17, 15) is 0 Å². The van der Waals surface area contributed by atoms with Crippen LogP contribution in [-0.4, -0.2) is 48.2 Å². The second-order valence-electron chi connectivity index (χ2n) is 6.30. The van der Waals surface area contributed by atoms with Crippen LogP contribution >= 0.6 is 0 Å². The van der Waals surface area contributed by atoms with Crippen molar-refractivity contribution in [2.45, 2.75) is 12.5 Å². The molecule has 4 rings (SSSR count). The molecule has 0 radical (unpaired) electrons. The van der Waals surface area contributed by atoms with Gasteiger partial charge in [0, 0.05) is 49.8 Å². The highest BCUT2D eigenvalue weighted by Gasteiger charge is 2.21. The van der Waals surface area contributed by atoms with Gasteiger partial charge in [-0.25, -0.2) is 9.97 Å². The van der Waals surface area contributed by atoms with Crippen LogP contribution in [0, 0.1) is 0 Å². The van der Waals surface area contributed by atoms with Gasteiger partial charge in [-0.2, -0.15) is 0 Å². The second kappa shape index (κ2) is 6.64. The van der Waals surface area contributed by atoms with Crippen LogP contribution in [0.1, 0.15) is 6.42 Å². The first kappa shape index (κ1) is 15.8. The monoisotopic (exact) mass is 334 g/mol. The molecule has 0 bridgehead atoms. The fourth-order valence-electron chi connectivity index (χ4n) is 3.37. The van der Waals surface area contributed by atoms with Gasteiger partial charge in [0.1, 0.15) is 5.52 Å². The SMILES string of the molecule is CNc1nc(-c2ccc(N3CCC(NC)C3)cc2)cc2nccnc12. The Bertz CT molecular complexity index is 877. The topological polar surface area (TPSA) is 66.0 Å². The molecule has 128 valence electrons. The molecule has 2 N–H and O–H groups in total. The van der Waals surface area contributed by atoms with Crippen molar-refractivity contribution in [2.75, 3.05) is 37.4 Å². The molecule has 1 aliphatic rings. The number of fused-ring (bicyclic) bond motifs is 1. The Kier molecular flexibility index (Phi) is 4.19. The van der Waals surface area contributed by atoms with Gasteiger partial charge in [-0.3, -0.25) is 4.98 Å². The average molecular weight is 334 g/mol. The van der Waals surface area contributed by atoms with E-state index in [0.29, 0.717) is 6.04 Å². The van der Waals surface area contributed by atoms with Gasteiger partial charge in [0.2, 0.25) is 0 Å². The molecule has 1 atom stereocenters. The molecule has 1 saturated heterocycles. The number of pyridine rings is 1. The Hall–Kier alpha value is -2.73. The predicted molar refractivity (Wildman–Crippen MR) is 102 cm³/mol. The molecule has 3 aromatic rings. The minimum atomic E-state index is 0.582. The van der Waals surface area contributed by atoms with Crippen LogP contribution in [-0.2, 0) is 0 Å². The Morgan fingerprint density at radius 3 is 2.60 bits per heavy atom. The lowest BCUT2D eigenvalue weighted by molar-refractivity contribution is 0.617. The summed E-state index contributed by atoms with van der Waals surface area (Å²) in [5.41, 5.74) is 4.88. The van der Waals surface area contributed by atoms with Crippen molar-refractivity contribution in [3.05, 3.63) is 42.7 Å². The van der Waals surface area contributed by atoms with E-state index >= 15 is 0 Å². The zero-order valence-corrected chi connectivity index (χ0v) is 14.5. The van der Waals surface area contributed by atoms with Crippen LogP contribution < -0.4 is 15.5 Å². The molecule has 2 aromatic heterocycles. The first-order valence-corrected chi connectivity index (χ1v) is 8.60. The highest BCUT2D eigenvalue weighted by molar-refractivity contribution is 5.88. The Labute approximate surface area is 147 Å². The number of likely N-dealkylation sites (N-methyl/N-ethyl adjacent to an activating group) is 1. The number of rotatable bonds is 4. The first-order valence-electron chi connectivity index (χ1n) is 8.60. The van der Waals surface area contributed by atoms with Crippen molar-refractivity contribution in [1.82, 2.24) is 20.3 Å². The molecular formula is C19H22N6. The summed E-state index contributed by atoms with van der Waals surface area (Å²) in [4.78, 5) is 15.9. The van der Waals surface area contributed by atoms with Crippen LogP contribution in [0.15, 0.2) is 42.7 Å². The molecule has 0 saturated carbocycles. The van der Waals surface area contributed by atoms with E-state index in [-0.39, 0.29) is 0 Å². The van der Waals surface area contributed by atoms with Crippen LogP contribution in [0.4, 0.5) is 11.5 Å². The lowest BCUT2D eigenvalue weighted by Gasteiger charge is -2.19. The van der Waals surface area contributed by atoms with Crippen molar-refractivity contribution in [3.8, 4) is 11.3 Å². The molecule has 3 heterocycles. The van der Waals surface area contributed by atoms with E-state index in [1.807, 2.05) is 20.2 Å². The highest BCUT2D eigenvalue weighted by Crippen LogP contribution is 2.28. The molecular weight excluding hydrogens is 312 g/mol. The van der Waals surface area contributed by atoms with Gasteiger partial charge < -0.3 is 15.5 Å². The molecule has 1 fully saturated rings. The van der Waals surface area contributed by atoms with E-state index in [1.165, 1.54) is 12.1 Å². The third-order valence-corrected chi connectivity index (χ3v) is 4.82. The van der Waals surface area contributed by atoms with Gasteiger partial charge in [0.15, 0.2) is 5.82 Å². The molecule has 0 spiro atoms. The zero-order chi connectivity index (χ0) is 17.2. The summed E-state index contributed by atoms with van der Waals surface area (Å²) in [6.07, 6.45) is 4.59. The van der Waals surface area contributed by atoms with Crippen molar-refractivity contribution in [2.24, 2.45) is 0 Å². The standard InChI is InChI=1S/C19H22N6/c1-20-14-7-10-25(12-14)15-5-3-13(4-6-15)16-11-17-18(19(21-2)24-16)23-9-8-22-17/h3-6,8-9,11,14,20H,7,10,12H2,1-2H3,(H,21,24). The normalized spacial score (nSPS) is 17.2. The number of nitrogens with zero attached hydrogens (tertiary/aromatic N) is 4. The summed E-state index contributed by atoms with van der Waals surface area (Å²) < 4.78 is 0. The summed E-state index contributed by atoms with van der Waals surface area (Å²) in [6, 6.07) is 11.2. The third-order valence-electron chi connectivity index (χ3n) is 4.82. The number of hydrogen-bond acceptors (Lipinski definition) is 6. The molecule has 0 amide bonds. The van der Waals surface area contributed by atoms with E-state index in [2.05, 4.69) is 49.8 Å². The average Bonchev–Trinajstić information content (AvgIpc) is 3.16. The Morgan fingerprint density at radius 1 is 1.08 bits per heavy atom. The van der Waals surface area contributed by atoms with Crippen LogP contribution in [0.3, 0.4) is 0 Å². The molecule has 6 heteroatoms. The minimum absolute atomic E-state index is 0.582. The summed E-state index contributed by atoms with van der Waals surface area (Å²) in [5, 5.41) is 6.48. The fourth-order valence-corrected chi connectivity index (χ4v) is 3.37. The van der Waals surface area contributed by atoms with Crippen molar-refractivity contribution >= 4 is 22.5 Å².